The molecule has 19 heavy (non-hydrogen) atoms. The second-order valence-electron chi connectivity index (χ2n) is 3.96. The van der Waals surface area contributed by atoms with E-state index in [0.29, 0.717) is 17.3 Å². The first-order chi connectivity index (χ1) is 9.19. The van der Waals surface area contributed by atoms with E-state index < -0.39 is 0 Å². The summed E-state index contributed by atoms with van der Waals surface area (Å²) < 4.78 is 11.6. The van der Waals surface area contributed by atoms with Crippen LogP contribution in [0.15, 0.2) is 33.4 Å². The maximum absolute atomic E-state index is 6.03. The summed E-state index contributed by atoms with van der Waals surface area (Å²) in [4.78, 5) is 4.22. The molecule has 1 aromatic heterocycles. The molecule has 0 saturated carbocycles. The zero-order chi connectivity index (χ0) is 13.7. The minimum atomic E-state index is 0.188. The fourth-order valence-electron chi connectivity index (χ4n) is 1.46. The minimum absolute atomic E-state index is 0.188. The van der Waals surface area contributed by atoms with E-state index >= 15 is 0 Å². The van der Waals surface area contributed by atoms with Gasteiger partial charge in [0.15, 0.2) is 5.75 Å². The number of benzene rings is 1. The van der Waals surface area contributed by atoms with Crippen molar-refractivity contribution < 1.29 is 9.15 Å². The van der Waals surface area contributed by atoms with Crippen LogP contribution in [0.2, 0.25) is 5.02 Å². The number of aromatic nitrogens is 1. The number of oxazole rings is 1. The molecule has 2 aromatic rings. The number of nitrogens with one attached hydrogen (secondary N) is 1. The van der Waals surface area contributed by atoms with Crippen molar-refractivity contribution in [2.75, 3.05) is 6.54 Å². The molecular formula is C13H14BrClN2O2. The van der Waals surface area contributed by atoms with Gasteiger partial charge in [-0.3, -0.25) is 0 Å². The monoisotopic (exact) mass is 344 g/mol. The molecule has 1 N–H and O–H groups in total. The molecule has 0 unspecified atom stereocenters. The molecule has 102 valence electrons. The quantitative estimate of drug-likeness (QED) is 0.789. The van der Waals surface area contributed by atoms with Crippen molar-refractivity contribution in [3.05, 3.63) is 39.7 Å². The Morgan fingerprint density at radius 3 is 3.11 bits per heavy atom. The van der Waals surface area contributed by atoms with E-state index in [1.165, 1.54) is 0 Å². The summed E-state index contributed by atoms with van der Waals surface area (Å²) >= 11 is 9.39. The van der Waals surface area contributed by atoms with Crippen molar-refractivity contribution in [1.82, 2.24) is 10.3 Å². The van der Waals surface area contributed by atoms with Crippen LogP contribution in [-0.4, -0.2) is 11.5 Å². The summed E-state index contributed by atoms with van der Waals surface area (Å²) in [5.41, 5.74) is 0.801. The average molecular weight is 346 g/mol. The Hall–Kier alpha value is -1.04. The first kappa shape index (κ1) is 14.4. The van der Waals surface area contributed by atoms with Crippen LogP contribution >= 0.6 is 27.5 Å². The number of ether oxygens (including phenoxy) is 1. The molecule has 1 heterocycles. The second kappa shape index (κ2) is 6.93. The summed E-state index contributed by atoms with van der Waals surface area (Å²) in [6.45, 7) is 3.72. The summed E-state index contributed by atoms with van der Waals surface area (Å²) in [7, 11) is 0. The molecule has 0 atom stereocenters. The first-order valence-electron chi connectivity index (χ1n) is 5.97. The van der Waals surface area contributed by atoms with Gasteiger partial charge >= 0.3 is 6.08 Å². The highest BCUT2D eigenvalue weighted by molar-refractivity contribution is 9.10. The van der Waals surface area contributed by atoms with Crippen LogP contribution in [-0.2, 0) is 6.54 Å². The van der Waals surface area contributed by atoms with E-state index in [2.05, 4.69) is 33.2 Å². The highest BCUT2D eigenvalue weighted by atomic mass is 79.9. The van der Waals surface area contributed by atoms with Gasteiger partial charge in [-0.1, -0.05) is 34.5 Å². The maximum atomic E-state index is 6.03. The van der Waals surface area contributed by atoms with E-state index in [-0.39, 0.29) is 6.08 Å². The smallest absolute Gasteiger partial charge is 0.399 e. The average Bonchev–Trinajstić information content (AvgIpc) is 2.82. The van der Waals surface area contributed by atoms with Crippen LogP contribution in [0.1, 0.15) is 19.0 Å². The van der Waals surface area contributed by atoms with Gasteiger partial charge in [-0.2, -0.15) is 4.98 Å². The molecule has 0 saturated heterocycles. The van der Waals surface area contributed by atoms with Gasteiger partial charge in [0, 0.05) is 11.0 Å². The van der Waals surface area contributed by atoms with Gasteiger partial charge in [0.25, 0.3) is 0 Å². The van der Waals surface area contributed by atoms with Gasteiger partial charge in [-0.05, 0) is 31.2 Å². The predicted molar refractivity (Wildman–Crippen MR) is 77.7 cm³/mol. The summed E-state index contributed by atoms with van der Waals surface area (Å²) in [6.07, 6.45) is 2.84. The summed E-state index contributed by atoms with van der Waals surface area (Å²) in [5, 5.41) is 3.74. The fourth-order valence-corrected chi connectivity index (χ4v) is 1.96. The van der Waals surface area contributed by atoms with Crippen LogP contribution in [0.25, 0.3) is 0 Å². The zero-order valence-electron chi connectivity index (χ0n) is 10.5. The van der Waals surface area contributed by atoms with E-state index in [1.54, 1.807) is 18.4 Å². The molecule has 0 amide bonds. The van der Waals surface area contributed by atoms with Crippen LogP contribution in [0.4, 0.5) is 0 Å². The van der Waals surface area contributed by atoms with Gasteiger partial charge in [0.2, 0.25) is 0 Å². The van der Waals surface area contributed by atoms with Gasteiger partial charge in [-0.15, -0.1) is 0 Å². The SMILES string of the molecule is CCCNCc1coc(Oc2cc(Br)ccc2Cl)n1. The van der Waals surface area contributed by atoms with Crippen LogP contribution in [0, 0.1) is 0 Å². The first-order valence-corrected chi connectivity index (χ1v) is 7.14. The van der Waals surface area contributed by atoms with E-state index in [9.17, 15) is 0 Å². The third-order valence-electron chi connectivity index (χ3n) is 2.35. The Labute approximate surface area is 125 Å². The predicted octanol–water partition coefficient (Wildman–Crippen LogP) is 4.38. The fraction of sp³-hybridized carbons (Fsp3) is 0.308. The Morgan fingerprint density at radius 2 is 2.32 bits per heavy atom. The van der Waals surface area contributed by atoms with Crippen molar-refractivity contribution in [1.29, 1.82) is 0 Å². The Morgan fingerprint density at radius 1 is 1.47 bits per heavy atom. The standard InChI is InChI=1S/C13H14BrClN2O2/c1-2-5-16-7-10-8-18-13(17-10)19-12-6-9(14)3-4-11(12)15/h3-4,6,8,16H,2,5,7H2,1H3. The second-order valence-corrected chi connectivity index (χ2v) is 5.28. The van der Waals surface area contributed by atoms with E-state index in [1.807, 2.05) is 6.07 Å². The number of hydrogen-bond acceptors (Lipinski definition) is 4. The van der Waals surface area contributed by atoms with Gasteiger partial charge < -0.3 is 14.5 Å². The topological polar surface area (TPSA) is 47.3 Å². The molecule has 0 spiro atoms. The molecular weight excluding hydrogens is 332 g/mol. The molecule has 1 aromatic carbocycles. The van der Waals surface area contributed by atoms with Crippen LogP contribution < -0.4 is 10.1 Å². The van der Waals surface area contributed by atoms with Crippen LogP contribution in [0.3, 0.4) is 0 Å². The van der Waals surface area contributed by atoms with Crippen molar-refractivity contribution in [3.63, 3.8) is 0 Å². The van der Waals surface area contributed by atoms with Crippen molar-refractivity contribution in [2.45, 2.75) is 19.9 Å². The van der Waals surface area contributed by atoms with Crippen molar-refractivity contribution in [2.24, 2.45) is 0 Å². The Balaban J connectivity index is 2.01. The summed E-state index contributed by atoms with van der Waals surface area (Å²) in [5.74, 6) is 0.506. The third-order valence-corrected chi connectivity index (χ3v) is 3.16. The lowest BCUT2D eigenvalue weighted by Gasteiger charge is -2.03. The van der Waals surface area contributed by atoms with Gasteiger partial charge in [0.1, 0.15) is 6.26 Å². The molecule has 0 fully saturated rings. The lowest BCUT2D eigenvalue weighted by molar-refractivity contribution is 0.330. The lowest BCUT2D eigenvalue weighted by atomic mass is 10.3. The molecule has 4 nitrogen and oxygen atoms in total. The molecule has 0 aliphatic carbocycles. The summed E-state index contributed by atoms with van der Waals surface area (Å²) in [6, 6.07) is 5.35. The third kappa shape index (κ3) is 4.23. The van der Waals surface area contributed by atoms with Gasteiger partial charge in [0.05, 0.1) is 10.7 Å². The number of hydrogen-bond donors (Lipinski definition) is 1. The van der Waals surface area contributed by atoms with Crippen molar-refractivity contribution in [3.8, 4) is 11.8 Å². The minimum Gasteiger partial charge on any atom is -0.417 e. The zero-order valence-corrected chi connectivity index (χ0v) is 12.8. The van der Waals surface area contributed by atoms with Gasteiger partial charge in [-0.25, -0.2) is 0 Å². The molecule has 0 aliphatic heterocycles. The normalized spacial score (nSPS) is 10.7. The Kier molecular flexibility index (Phi) is 5.24. The van der Waals surface area contributed by atoms with E-state index in [0.717, 1.165) is 23.1 Å². The highest BCUT2D eigenvalue weighted by Gasteiger charge is 2.09. The maximum Gasteiger partial charge on any atom is 0.399 e. The Bertz CT molecular complexity index is 545. The van der Waals surface area contributed by atoms with Crippen molar-refractivity contribution >= 4 is 27.5 Å². The number of nitrogens with zero attached hydrogens (tertiary/aromatic N) is 1. The molecule has 6 heteroatoms. The highest BCUT2D eigenvalue weighted by Crippen LogP contribution is 2.31. The lowest BCUT2D eigenvalue weighted by Crippen LogP contribution is -2.13. The number of rotatable bonds is 6. The molecule has 0 aliphatic rings. The molecule has 2 rings (SSSR count). The van der Waals surface area contributed by atoms with Crippen LogP contribution in [0.5, 0.6) is 11.8 Å². The van der Waals surface area contributed by atoms with E-state index in [4.69, 9.17) is 20.8 Å². The molecule has 0 bridgehead atoms. The molecule has 0 radical (unpaired) electrons. The largest absolute Gasteiger partial charge is 0.417 e. The number of halogens is 2.